The molecule has 1 aromatic heterocycles. The molecule has 1 rings (SSSR count). The summed E-state index contributed by atoms with van der Waals surface area (Å²) in [7, 11) is -3.52. The number of pyridine rings is 1. The van der Waals surface area contributed by atoms with E-state index in [9.17, 15) is 8.42 Å². The van der Waals surface area contributed by atoms with Gasteiger partial charge in [0, 0.05) is 12.7 Å². The molecule has 17 heavy (non-hydrogen) atoms. The molecule has 0 saturated heterocycles. The maximum Gasteiger partial charge on any atom is 0.242 e. The largest absolute Gasteiger partial charge is 0.244 e. The van der Waals surface area contributed by atoms with Crippen LogP contribution in [0.2, 0.25) is 0 Å². The van der Waals surface area contributed by atoms with Crippen LogP contribution in [0.15, 0.2) is 35.4 Å². The van der Waals surface area contributed by atoms with Crippen molar-refractivity contribution >= 4 is 10.0 Å². The molecule has 1 N–H and O–H groups in total. The van der Waals surface area contributed by atoms with Gasteiger partial charge in [0.1, 0.15) is 16.7 Å². The maximum atomic E-state index is 11.7. The Morgan fingerprint density at radius 2 is 2.29 bits per heavy atom. The third kappa shape index (κ3) is 3.98. The molecule has 6 heteroatoms. The summed E-state index contributed by atoms with van der Waals surface area (Å²) in [4.78, 5) is 3.78. The molecule has 1 aromatic rings. The first-order valence-electron chi connectivity index (χ1n) is 5.07. The molecule has 0 aliphatic carbocycles. The Morgan fingerprint density at radius 1 is 1.53 bits per heavy atom. The molecule has 0 unspecified atom stereocenters. The highest BCUT2D eigenvalue weighted by atomic mass is 32.2. The van der Waals surface area contributed by atoms with Gasteiger partial charge in [-0.1, -0.05) is 12.2 Å². The average Bonchev–Trinajstić information content (AvgIpc) is 2.35. The van der Waals surface area contributed by atoms with E-state index in [4.69, 9.17) is 5.26 Å². The first-order valence-corrected chi connectivity index (χ1v) is 6.55. The molecule has 5 nitrogen and oxygen atoms in total. The van der Waals surface area contributed by atoms with E-state index in [0.717, 1.165) is 0 Å². The molecule has 0 spiro atoms. The summed E-state index contributed by atoms with van der Waals surface area (Å²) in [6, 6.07) is 4.57. The van der Waals surface area contributed by atoms with Gasteiger partial charge in [-0.25, -0.2) is 18.1 Å². The number of nitrogens with one attached hydrogen (secondary N) is 1. The van der Waals surface area contributed by atoms with E-state index in [2.05, 4.69) is 9.71 Å². The van der Waals surface area contributed by atoms with Crippen LogP contribution < -0.4 is 4.72 Å². The van der Waals surface area contributed by atoms with Crippen molar-refractivity contribution in [1.82, 2.24) is 9.71 Å². The van der Waals surface area contributed by atoms with Crippen LogP contribution in [-0.2, 0) is 10.0 Å². The summed E-state index contributed by atoms with van der Waals surface area (Å²) < 4.78 is 25.9. The van der Waals surface area contributed by atoms with Gasteiger partial charge in [-0.3, -0.25) is 0 Å². The zero-order valence-electron chi connectivity index (χ0n) is 9.42. The second-order valence-corrected chi connectivity index (χ2v) is 5.01. The highest BCUT2D eigenvalue weighted by Gasteiger charge is 2.13. The number of rotatable bonds is 5. The molecule has 1 heterocycles. The highest BCUT2D eigenvalue weighted by molar-refractivity contribution is 7.89. The Kier molecular flexibility index (Phi) is 4.82. The SMILES string of the molecule is C/C=C/CCNS(=O)(=O)c1ccc(C#N)nc1. The number of nitriles is 1. The van der Waals surface area contributed by atoms with Crippen LogP contribution in [0, 0.1) is 11.3 Å². The summed E-state index contributed by atoms with van der Waals surface area (Å²) in [5, 5.41) is 8.55. The molecule has 0 bridgehead atoms. The molecule has 0 saturated carbocycles. The average molecular weight is 251 g/mol. The van der Waals surface area contributed by atoms with Gasteiger partial charge in [0.05, 0.1) is 0 Å². The fourth-order valence-electron chi connectivity index (χ4n) is 1.13. The first kappa shape index (κ1) is 13.4. The molecular weight excluding hydrogens is 238 g/mol. The van der Waals surface area contributed by atoms with Crippen molar-refractivity contribution in [1.29, 1.82) is 5.26 Å². The second kappa shape index (κ2) is 6.13. The fourth-order valence-corrected chi connectivity index (χ4v) is 2.12. The summed E-state index contributed by atoms with van der Waals surface area (Å²) in [5.41, 5.74) is 0.192. The zero-order valence-corrected chi connectivity index (χ0v) is 10.2. The topological polar surface area (TPSA) is 82.9 Å². The lowest BCUT2D eigenvalue weighted by atomic mass is 10.4. The molecule has 0 aliphatic heterocycles. The maximum absolute atomic E-state index is 11.7. The molecule has 0 amide bonds. The molecule has 0 aromatic carbocycles. The molecular formula is C11H13N3O2S. The van der Waals surface area contributed by atoms with Gasteiger partial charge in [0.15, 0.2) is 0 Å². The highest BCUT2D eigenvalue weighted by Crippen LogP contribution is 2.07. The minimum atomic E-state index is -3.52. The van der Waals surface area contributed by atoms with Crippen molar-refractivity contribution in [3.05, 3.63) is 36.2 Å². The molecule has 90 valence electrons. The van der Waals surface area contributed by atoms with Crippen LogP contribution in [0.5, 0.6) is 0 Å². The van der Waals surface area contributed by atoms with Gasteiger partial charge in [0.2, 0.25) is 10.0 Å². The van der Waals surface area contributed by atoms with Gasteiger partial charge >= 0.3 is 0 Å². The third-order valence-electron chi connectivity index (χ3n) is 2.00. The van der Waals surface area contributed by atoms with E-state index in [1.807, 2.05) is 25.1 Å². The monoisotopic (exact) mass is 251 g/mol. The number of hydrogen-bond acceptors (Lipinski definition) is 4. The van der Waals surface area contributed by atoms with Gasteiger partial charge in [0.25, 0.3) is 0 Å². The van der Waals surface area contributed by atoms with Crippen LogP contribution in [-0.4, -0.2) is 19.9 Å². The van der Waals surface area contributed by atoms with E-state index < -0.39 is 10.0 Å². The van der Waals surface area contributed by atoms with Crippen LogP contribution in [0.1, 0.15) is 19.0 Å². The number of hydrogen-bond donors (Lipinski definition) is 1. The van der Waals surface area contributed by atoms with Crippen LogP contribution >= 0.6 is 0 Å². The smallest absolute Gasteiger partial charge is 0.242 e. The van der Waals surface area contributed by atoms with E-state index in [1.54, 1.807) is 0 Å². The van der Waals surface area contributed by atoms with Crippen LogP contribution in [0.25, 0.3) is 0 Å². The quantitative estimate of drug-likeness (QED) is 0.629. The van der Waals surface area contributed by atoms with E-state index in [0.29, 0.717) is 13.0 Å². The number of allylic oxidation sites excluding steroid dienone is 1. The van der Waals surface area contributed by atoms with Crippen molar-refractivity contribution in [3.63, 3.8) is 0 Å². The predicted molar refractivity (Wildman–Crippen MR) is 63.6 cm³/mol. The van der Waals surface area contributed by atoms with Crippen molar-refractivity contribution in [2.45, 2.75) is 18.2 Å². The Balaban J connectivity index is 2.72. The number of aromatic nitrogens is 1. The van der Waals surface area contributed by atoms with Gasteiger partial charge in [-0.15, -0.1) is 0 Å². The summed E-state index contributed by atoms with van der Waals surface area (Å²) in [6.07, 6.45) is 5.55. The Labute approximate surface area is 101 Å². The normalized spacial score (nSPS) is 11.5. The lowest BCUT2D eigenvalue weighted by Crippen LogP contribution is -2.24. The van der Waals surface area contributed by atoms with Crippen molar-refractivity contribution < 1.29 is 8.42 Å². The van der Waals surface area contributed by atoms with E-state index >= 15 is 0 Å². The summed E-state index contributed by atoms with van der Waals surface area (Å²) >= 11 is 0. The predicted octanol–water partition coefficient (Wildman–Crippen LogP) is 1.20. The Hall–Kier alpha value is -1.71. The lowest BCUT2D eigenvalue weighted by Gasteiger charge is -2.04. The minimum absolute atomic E-state index is 0.0666. The standard InChI is InChI=1S/C11H13N3O2S/c1-2-3-4-7-14-17(15,16)11-6-5-10(8-12)13-9-11/h2-3,5-6,9,14H,4,7H2,1H3/b3-2+. The molecule has 0 aliphatic rings. The third-order valence-corrected chi connectivity index (χ3v) is 3.45. The first-order chi connectivity index (χ1) is 8.10. The minimum Gasteiger partial charge on any atom is -0.244 e. The number of nitrogens with zero attached hydrogens (tertiary/aromatic N) is 2. The molecule has 0 fully saturated rings. The van der Waals surface area contributed by atoms with E-state index in [1.165, 1.54) is 18.3 Å². The van der Waals surface area contributed by atoms with Crippen LogP contribution in [0.3, 0.4) is 0 Å². The van der Waals surface area contributed by atoms with Crippen molar-refractivity contribution in [2.24, 2.45) is 0 Å². The Morgan fingerprint density at radius 3 is 2.82 bits per heavy atom. The zero-order chi connectivity index (χ0) is 12.7. The lowest BCUT2D eigenvalue weighted by molar-refractivity contribution is 0.581. The van der Waals surface area contributed by atoms with Crippen molar-refractivity contribution in [2.75, 3.05) is 6.54 Å². The fraction of sp³-hybridized carbons (Fsp3) is 0.273. The molecule has 0 atom stereocenters. The van der Waals surface area contributed by atoms with Crippen LogP contribution in [0.4, 0.5) is 0 Å². The van der Waals surface area contributed by atoms with Gasteiger partial charge in [-0.05, 0) is 25.5 Å². The molecule has 0 radical (unpaired) electrons. The second-order valence-electron chi connectivity index (χ2n) is 3.25. The van der Waals surface area contributed by atoms with E-state index in [-0.39, 0.29) is 10.6 Å². The van der Waals surface area contributed by atoms with Gasteiger partial charge < -0.3 is 0 Å². The number of sulfonamides is 1. The summed E-state index contributed by atoms with van der Waals surface area (Å²) in [5.74, 6) is 0. The summed E-state index contributed by atoms with van der Waals surface area (Å²) in [6.45, 7) is 2.21. The van der Waals surface area contributed by atoms with Crippen molar-refractivity contribution in [3.8, 4) is 6.07 Å². The Bertz CT molecular complexity index is 527. The van der Waals surface area contributed by atoms with Gasteiger partial charge in [-0.2, -0.15) is 5.26 Å².